The number of pyridine rings is 1. The number of aromatic nitrogens is 1. The number of hydrogen-bond donors (Lipinski definition) is 2. The highest BCUT2D eigenvalue weighted by molar-refractivity contribution is 5.20. The molecule has 0 spiro atoms. The summed E-state index contributed by atoms with van der Waals surface area (Å²) < 4.78 is 1.84. The summed E-state index contributed by atoms with van der Waals surface area (Å²) in [5.41, 5.74) is 0.496. The van der Waals surface area contributed by atoms with E-state index in [9.17, 15) is 9.90 Å². The van der Waals surface area contributed by atoms with E-state index < -0.39 is 0 Å². The molecule has 0 fully saturated rings. The Labute approximate surface area is 101 Å². The first-order chi connectivity index (χ1) is 8.12. The average molecular weight is 240 g/mol. The van der Waals surface area contributed by atoms with Gasteiger partial charge < -0.3 is 14.8 Å². The SMILES string of the molecule is CCN(CCO)Cc1cc(=O)c(O)cn1CC. The summed E-state index contributed by atoms with van der Waals surface area (Å²) in [6.07, 6.45) is 1.46. The van der Waals surface area contributed by atoms with Crippen LogP contribution >= 0.6 is 0 Å². The number of aliphatic hydroxyl groups excluding tert-OH is 1. The van der Waals surface area contributed by atoms with E-state index in [0.717, 1.165) is 12.2 Å². The van der Waals surface area contributed by atoms with E-state index in [1.807, 2.05) is 23.3 Å². The van der Waals surface area contributed by atoms with Gasteiger partial charge in [-0.25, -0.2) is 0 Å². The summed E-state index contributed by atoms with van der Waals surface area (Å²) in [5.74, 6) is -0.221. The van der Waals surface area contributed by atoms with E-state index in [1.165, 1.54) is 12.3 Å². The molecular weight excluding hydrogens is 220 g/mol. The lowest BCUT2D eigenvalue weighted by atomic mass is 10.3. The Hall–Kier alpha value is -1.33. The molecule has 5 nitrogen and oxygen atoms in total. The molecule has 0 amide bonds. The summed E-state index contributed by atoms with van der Waals surface area (Å²) in [6.45, 7) is 6.73. The van der Waals surface area contributed by atoms with Crippen LogP contribution in [0.5, 0.6) is 5.75 Å². The van der Waals surface area contributed by atoms with Gasteiger partial charge in [0.1, 0.15) is 0 Å². The second kappa shape index (κ2) is 6.42. The molecule has 0 saturated carbocycles. The summed E-state index contributed by atoms with van der Waals surface area (Å²) in [5, 5.41) is 18.3. The molecule has 0 aliphatic rings. The Morgan fingerprint density at radius 2 is 2.12 bits per heavy atom. The molecule has 0 aliphatic heterocycles. The van der Waals surface area contributed by atoms with Gasteiger partial charge in [-0.05, 0) is 13.5 Å². The number of aliphatic hydroxyl groups is 1. The number of likely N-dealkylation sites (N-methyl/N-ethyl adjacent to an activating group) is 1. The third-order valence-corrected chi connectivity index (χ3v) is 2.79. The molecule has 17 heavy (non-hydrogen) atoms. The number of nitrogens with zero attached hydrogens (tertiary/aromatic N) is 2. The normalized spacial score (nSPS) is 11.1. The minimum Gasteiger partial charge on any atom is -0.503 e. The van der Waals surface area contributed by atoms with E-state index in [-0.39, 0.29) is 17.8 Å². The van der Waals surface area contributed by atoms with Gasteiger partial charge in [-0.3, -0.25) is 9.69 Å². The molecule has 1 heterocycles. The van der Waals surface area contributed by atoms with Crippen LogP contribution in [0.3, 0.4) is 0 Å². The van der Waals surface area contributed by atoms with E-state index in [4.69, 9.17) is 5.11 Å². The summed E-state index contributed by atoms with van der Waals surface area (Å²) in [4.78, 5) is 13.4. The van der Waals surface area contributed by atoms with Crippen molar-refractivity contribution in [1.29, 1.82) is 0 Å². The quantitative estimate of drug-likeness (QED) is 0.755. The van der Waals surface area contributed by atoms with Crippen LogP contribution in [0.1, 0.15) is 19.5 Å². The molecule has 0 aromatic carbocycles. The van der Waals surface area contributed by atoms with Crippen LogP contribution in [-0.2, 0) is 13.1 Å². The smallest absolute Gasteiger partial charge is 0.223 e. The number of aryl methyl sites for hydroxylation is 1. The van der Waals surface area contributed by atoms with Crippen molar-refractivity contribution in [3.63, 3.8) is 0 Å². The van der Waals surface area contributed by atoms with Crippen molar-refractivity contribution >= 4 is 0 Å². The maximum Gasteiger partial charge on any atom is 0.223 e. The number of aromatic hydroxyl groups is 1. The van der Waals surface area contributed by atoms with Crippen LogP contribution in [0.2, 0.25) is 0 Å². The van der Waals surface area contributed by atoms with Crippen molar-refractivity contribution in [2.24, 2.45) is 0 Å². The zero-order chi connectivity index (χ0) is 12.8. The molecule has 96 valence electrons. The fourth-order valence-electron chi connectivity index (χ4n) is 1.75. The third-order valence-electron chi connectivity index (χ3n) is 2.79. The van der Waals surface area contributed by atoms with Crippen molar-refractivity contribution in [1.82, 2.24) is 9.47 Å². The first kappa shape index (κ1) is 13.7. The standard InChI is InChI=1S/C12H20N2O3/c1-3-13(5-6-15)8-10-7-11(16)12(17)9-14(10)4-2/h7,9,15,17H,3-6,8H2,1-2H3. The second-order valence-electron chi connectivity index (χ2n) is 3.89. The first-order valence-electron chi connectivity index (χ1n) is 5.87. The van der Waals surface area contributed by atoms with Gasteiger partial charge in [0.05, 0.1) is 12.8 Å². The van der Waals surface area contributed by atoms with Gasteiger partial charge in [-0.1, -0.05) is 6.92 Å². The molecule has 0 aliphatic carbocycles. The average Bonchev–Trinajstić information content (AvgIpc) is 2.32. The summed E-state index contributed by atoms with van der Waals surface area (Å²) in [6, 6.07) is 1.46. The Balaban J connectivity index is 2.96. The third kappa shape index (κ3) is 3.57. The molecule has 1 rings (SSSR count). The van der Waals surface area contributed by atoms with Crippen molar-refractivity contribution in [2.45, 2.75) is 26.9 Å². The minimum absolute atomic E-state index is 0.0995. The van der Waals surface area contributed by atoms with Gasteiger partial charge in [0.2, 0.25) is 5.43 Å². The summed E-state index contributed by atoms with van der Waals surface area (Å²) in [7, 11) is 0. The van der Waals surface area contributed by atoms with Crippen molar-refractivity contribution in [3.05, 3.63) is 28.2 Å². The van der Waals surface area contributed by atoms with Crippen LogP contribution in [-0.4, -0.2) is 39.4 Å². The highest BCUT2D eigenvalue weighted by Crippen LogP contribution is 2.08. The molecule has 5 heteroatoms. The van der Waals surface area contributed by atoms with E-state index in [2.05, 4.69) is 0 Å². The fraction of sp³-hybridized carbons (Fsp3) is 0.583. The largest absolute Gasteiger partial charge is 0.503 e. The van der Waals surface area contributed by atoms with Crippen molar-refractivity contribution in [3.8, 4) is 5.75 Å². The van der Waals surface area contributed by atoms with E-state index >= 15 is 0 Å². The van der Waals surface area contributed by atoms with Crippen LogP contribution in [0.15, 0.2) is 17.1 Å². The number of hydrogen-bond acceptors (Lipinski definition) is 4. The molecule has 0 atom stereocenters. The lowest BCUT2D eigenvalue weighted by Crippen LogP contribution is -2.28. The maximum atomic E-state index is 11.4. The van der Waals surface area contributed by atoms with Crippen LogP contribution in [0, 0.1) is 0 Å². The Bertz CT molecular complexity index is 415. The Morgan fingerprint density at radius 1 is 1.41 bits per heavy atom. The zero-order valence-electron chi connectivity index (χ0n) is 10.4. The topological polar surface area (TPSA) is 65.7 Å². The molecule has 1 aromatic heterocycles. The monoisotopic (exact) mass is 240 g/mol. The van der Waals surface area contributed by atoms with E-state index in [1.54, 1.807) is 0 Å². The molecular formula is C12H20N2O3. The van der Waals surface area contributed by atoms with Gasteiger partial charge in [-0.2, -0.15) is 0 Å². The van der Waals surface area contributed by atoms with Gasteiger partial charge in [0.15, 0.2) is 5.75 Å². The Morgan fingerprint density at radius 3 is 2.65 bits per heavy atom. The van der Waals surface area contributed by atoms with Gasteiger partial charge in [-0.15, -0.1) is 0 Å². The van der Waals surface area contributed by atoms with Crippen molar-refractivity contribution < 1.29 is 10.2 Å². The summed E-state index contributed by atoms with van der Waals surface area (Å²) >= 11 is 0. The van der Waals surface area contributed by atoms with Gasteiger partial charge >= 0.3 is 0 Å². The van der Waals surface area contributed by atoms with Gasteiger partial charge in [0.25, 0.3) is 0 Å². The lowest BCUT2D eigenvalue weighted by Gasteiger charge is -2.21. The second-order valence-corrected chi connectivity index (χ2v) is 3.89. The molecule has 2 N–H and O–H groups in total. The van der Waals surface area contributed by atoms with Crippen LogP contribution < -0.4 is 5.43 Å². The molecule has 0 unspecified atom stereocenters. The first-order valence-corrected chi connectivity index (χ1v) is 5.87. The van der Waals surface area contributed by atoms with Gasteiger partial charge in [0, 0.05) is 31.4 Å². The minimum atomic E-state index is -0.357. The molecule has 0 saturated heterocycles. The molecule has 1 aromatic rings. The van der Waals surface area contributed by atoms with Crippen LogP contribution in [0.25, 0.3) is 0 Å². The van der Waals surface area contributed by atoms with Crippen molar-refractivity contribution in [2.75, 3.05) is 19.7 Å². The predicted octanol–water partition coefficient (Wildman–Crippen LogP) is 0.388. The predicted molar refractivity (Wildman–Crippen MR) is 66.1 cm³/mol. The number of rotatable bonds is 6. The zero-order valence-corrected chi connectivity index (χ0v) is 10.4. The van der Waals surface area contributed by atoms with Crippen LogP contribution in [0.4, 0.5) is 0 Å². The molecule has 0 bridgehead atoms. The molecule has 0 radical (unpaired) electrons. The Kier molecular flexibility index (Phi) is 5.18. The lowest BCUT2D eigenvalue weighted by molar-refractivity contribution is 0.193. The highest BCUT2D eigenvalue weighted by atomic mass is 16.3. The highest BCUT2D eigenvalue weighted by Gasteiger charge is 2.08. The maximum absolute atomic E-state index is 11.4. The fourth-order valence-corrected chi connectivity index (χ4v) is 1.75. The van der Waals surface area contributed by atoms with E-state index in [0.29, 0.717) is 19.6 Å².